The Morgan fingerprint density at radius 2 is 1.90 bits per heavy atom. The number of aliphatic imine (C=N–C) groups is 1. The second-order valence-corrected chi connectivity index (χ2v) is 8.36. The van der Waals surface area contributed by atoms with Crippen molar-refractivity contribution in [3.05, 3.63) is 91.6 Å². The molecule has 1 amide bonds. The molecule has 0 atom stereocenters. The number of hydrogen-bond donors (Lipinski definition) is 1. The van der Waals surface area contributed by atoms with Crippen LogP contribution in [0.5, 0.6) is 0 Å². The first-order chi connectivity index (χ1) is 14.8. The van der Waals surface area contributed by atoms with Crippen molar-refractivity contribution in [2.45, 2.75) is 13.8 Å². The minimum atomic E-state index is -0.415. The lowest BCUT2D eigenvalue weighted by Crippen LogP contribution is -2.19. The smallest absolute Gasteiger partial charge is 0.271 e. The molecule has 2 heterocycles. The third kappa shape index (κ3) is 4.40. The fourth-order valence-electron chi connectivity index (χ4n) is 3.33. The molecule has 0 radical (unpaired) electrons. The normalized spacial score (nSPS) is 16.2. The topological polar surface area (TPSA) is 89.5 Å². The SMILES string of the molecule is Cc1cc(/C=C2/SC(=Nc3ccc(Cl)cc3)NC2=O)c(C)n1-c1cccc([N+](=O)[O-])c1. The summed E-state index contributed by atoms with van der Waals surface area (Å²) in [4.78, 5) is 28.1. The van der Waals surface area contributed by atoms with Gasteiger partial charge in [-0.3, -0.25) is 14.9 Å². The lowest BCUT2D eigenvalue weighted by molar-refractivity contribution is -0.384. The van der Waals surface area contributed by atoms with Crippen LogP contribution in [0.4, 0.5) is 11.4 Å². The summed E-state index contributed by atoms with van der Waals surface area (Å²) in [5.41, 5.74) is 4.05. The number of carbonyl (C=O) groups excluding carboxylic acids is 1. The summed E-state index contributed by atoms with van der Waals surface area (Å²) in [5.74, 6) is -0.224. The van der Waals surface area contributed by atoms with E-state index in [0.717, 1.165) is 17.0 Å². The molecule has 1 aliphatic rings. The van der Waals surface area contributed by atoms with E-state index in [-0.39, 0.29) is 11.6 Å². The minimum absolute atomic E-state index is 0.0266. The number of aryl methyl sites for hydroxylation is 1. The molecule has 1 aliphatic heterocycles. The Morgan fingerprint density at radius 1 is 1.16 bits per heavy atom. The zero-order valence-corrected chi connectivity index (χ0v) is 18.2. The number of thioether (sulfide) groups is 1. The summed E-state index contributed by atoms with van der Waals surface area (Å²) < 4.78 is 1.93. The molecular weight excluding hydrogens is 436 g/mol. The fraction of sp³-hybridized carbons (Fsp3) is 0.0909. The van der Waals surface area contributed by atoms with Crippen LogP contribution >= 0.6 is 23.4 Å². The van der Waals surface area contributed by atoms with E-state index in [9.17, 15) is 14.9 Å². The Labute approximate surface area is 187 Å². The summed E-state index contributed by atoms with van der Waals surface area (Å²) in [6.07, 6.45) is 1.81. The summed E-state index contributed by atoms with van der Waals surface area (Å²) in [7, 11) is 0. The van der Waals surface area contributed by atoms with Gasteiger partial charge in [-0.15, -0.1) is 0 Å². The molecule has 0 spiro atoms. The van der Waals surface area contributed by atoms with Gasteiger partial charge in [-0.1, -0.05) is 17.7 Å². The summed E-state index contributed by atoms with van der Waals surface area (Å²) in [6.45, 7) is 3.83. The van der Waals surface area contributed by atoms with Gasteiger partial charge in [-0.05, 0) is 73.6 Å². The number of nitro groups is 1. The fourth-order valence-corrected chi connectivity index (χ4v) is 4.29. The lowest BCUT2D eigenvalue weighted by Gasteiger charge is -2.09. The van der Waals surface area contributed by atoms with Crippen LogP contribution in [0.2, 0.25) is 5.02 Å². The third-order valence-electron chi connectivity index (χ3n) is 4.76. The average Bonchev–Trinajstić information content (AvgIpc) is 3.22. The Morgan fingerprint density at radius 3 is 2.61 bits per heavy atom. The maximum atomic E-state index is 12.4. The Balaban J connectivity index is 1.64. The highest BCUT2D eigenvalue weighted by molar-refractivity contribution is 8.18. The number of amidine groups is 1. The van der Waals surface area contributed by atoms with E-state index in [0.29, 0.717) is 26.5 Å². The molecular formula is C22H17ClN4O3S. The average molecular weight is 453 g/mol. The first-order valence-corrected chi connectivity index (χ1v) is 10.5. The van der Waals surface area contributed by atoms with E-state index in [2.05, 4.69) is 10.3 Å². The molecule has 0 bridgehead atoms. The van der Waals surface area contributed by atoms with Gasteiger partial charge in [0.1, 0.15) is 0 Å². The number of rotatable bonds is 4. The first kappa shape index (κ1) is 20.9. The van der Waals surface area contributed by atoms with Gasteiger partial charge >= 0.3 is 0 Å². The van der Waals surface area contributed by atoms with Crippen molar-refractivity contribution >= 4 is 51.9 Å². The molecule has 156 valence electrons. The molecule has 1 N–H and O–H groups in total. The van der Waals surface area contributed by atoms with Gasteiger partial charge in [-0.2, -0.15) is 0 Å². The largest absolute Gasteiger partial charge is 0.318 e. The Hall–Kier alpha value is -3.36. The van der Waals surface area contributed by atoms with E-state index in [1.165, 1.54) is 23.9 Å². The van der Waals surface area contributed by atoms with E-state index in [4.69, 9.17) is 11.6 Å². The van der Waals surface area contributed by atoms with E-state index in [1.807, 2.05) is 30.5 Å². The standard InChI is InChI=1S/C22H17ClN4O3S/c1-13-10-15(14(2)26(13)18-4-3-5-19(12-18)27(29)30)11-20-21(28)25-22(31-20)24-17-8-6-16(23)7-9-17/h3-12H,1-2H3,(H,24,25,28)/b20-11+. The van der Waals surface area contributed by atoms with Gasteiger partial charge in [0.25, 0.3) is 11.6 Å². The number of nitrogens with one attached hydrogen (secondary N) is 1. The van der Waals surface area contributed by atoms with Crippen molar-refractivity contribution in [2.75, 3.05) is 0 Å². The molecule has 31 heavy (non-hydrogen) atoms. The third-order valence-corrected chi connectivity index (χ3v) is 5.93. The minimum Gasteiger partial charge on any atom is -0.318 e. The van der Waals surface area contributed by atoms with Crippen molar-refractivity contribution in [3.8, 4) is 5.69 Å². The number of carbonyl (C=O) groups is 1. The molecule has 1 saturated heterocycles. The van der Waals surface area contributed by atoms with Crippen LogP contribution in [0.25, 0.3) is 11.8 Å². The van der Waals surface area contributed by atoms with Crippen molar-refractivity contribution in [2.24, 2.45) is 4.99 Å². The van der Waals surface area contributed by atoms with Crippen LogP contribution in [-0.4, -0.2) is 20.6 Å². The van der Waals surface area contributed by atoms with E-state index in [1.54, 1.807) is 36.4 Å². The van der Waals surface area contributed by atoms with Crippen LogP contribution in [0.1, 0.15) is 17.0 Å². The van der Waals surface area contributed by atoms with Gasteiger partial charge in [0.2, 0.25) is 0 Å². The van der Waals surface area contributed by atoms with Crippen molar-refractivity contribution in [1.82, 2.24) is 9.88 Å². The van der Waals surface area contributed by atoms with Crippen molar-refractivity contribution in [1.29, 1.82) is 0 Å². The number of non-ortho nitro benzene ring substituents is 1. The Kier molecular flexibility index (Phi) is 5.67. The van der Waals surface area contributed by atoms with E-state index >= 15 is 0 Å². The molecule has 7 nitrogen and oxygen atoms in total. The van der Waals surface area contributed by atoms with Crippen molar-refractivity contribution < 1.29 is 9.72 Å². The molecule has 1 fully saturated rings. The number of nitro benzene ring substituents is 1. The lowest BCUT2D eigenvalue weighted by atomic mass is 10.2. The number of amides is 1. The number of hydrogen-bond acceptors (Lipinski definition) is 5. The van der Waals surface area contributed by atoms with Crippen LogP contribution < -0.4 is 5.32 Å². The van der Waals surface area contributed by atoms with Crippen LogP contribution in [0, 0.1) is 24.0 Å². The highest BCUT2D eigenvalue weighted by Gasteiger charge is 2.24. The summed E-state index contributed by atoms with van der Waals surface area (Å²) in [6, 6.07) is 15.4. The molecule has 9 heteroatoms. The quantitative estimate of drug-likeness (QED) is 0.319. The molecule has 4 rings (SSSR count). The zero-order chi connectivity index (χ0) is 22.1. The van der Waals surface area contributed by atoms with Crippen LogP contribution in [0.3, 0.4) is 0 Å². The van der Waals surface area contributed by atoms with Gasteiger partial charge in [0.15, 0.2) is 5.17 Å². The molecule has 0 unspecified atom stereocenters. The first-order valence-electron chi connectivity index (χ1n) is 9.31. The predicted octanol–water partition coefficient (Wildman–Crippen LogP) is 5.55. The van der Waals surface area contributed by atoms with Crippen LogP contribution in [0.15, 0.2) is 64.5 Å². The monoisotopic (exact) mass is 452 g/mol. The molecule has 0 saturated carbocycles. The van der Waals surface area contributed by atoms with Gasteiger partial charge in [0.05, 0.1) is 21.2 Å². The van der Waals surface area contributed by atoms with Gasteiger partial charge in [0, 0.05) is 28.5 Å². The second kappa shape index (κ2) is 8.41. The molecule has 3 aromatic rings. The highest BCUT2D eigenvalue weighted by Crippen LogP contribution is 2.31. The zero-order valence-electron chi connectivity index (χ0n) is 16.6. The number of halogens is 1. The van der Waals surface area contributed by atoms with Crippen LogP contribution in [-0.2, 0) is 4.79 Å². The number of benzene rings is 2. The maximum Gasteiger partial charge on any atom is 0.271 e. The second-order valence-electron chi connectivity index (χ2n) is 6.90. The Bertz CT molecular complexity index is 1260. The molecule has 2 aromatic carbocycles. The highest BCUT2D eigenvalue weighted by atomic mass is 35.5. The number of nitrogens with zero attached hydrogens (tertiary/aromatic N) is 3. The van der Waals surface area contributed by atoms with Gasteiger partial charge in [-0.25, -0.2) is 4.99 Å². The van der Waals surface area contributed by atoms with Gasteiger partial charge < -0.3 is 9.88 Å². The number of aromatic nitrogens is 1. The maximum absolute atomic E-state index is 12.4. The predicted molar refractivity (Wildman–Crippen MR) is 124 cm³/mol. The van der Waals surface area contributed by atoms with Crippen molar-refractivity contribution in [3.63, 3.8) is 0 Å². The molecule has 0 aliphatic carbocycles. The summed E-state index contributed by atoms with van der Waals surface area (Å²) in [5, 5.41) is 15.0. The van der Waals surface area contributed by atoms with E-state index < -0.39 is 4.92 Å². The summed E-state index contributed by atoms with van der Waals surface area (Å²) >= 11 is 7.15. The molecule has 1 aromatic heterocycles.